The molecule has 1 aromatic carbocycles. The maximum absolute atomic E-state index is 12.4. The average Bonchev–Trinajstić information content (AvgIpc) is 3.15. The van der Waals surface area contributed by atoms with Gasteiger partial charge in [-0.15, -0.1) is 11.3 Å². The number of aromatic nitrogens is 1. The minimum Gasteiger partial charge on any atom is -0.372 e. The Morgan fingerprint density at radius 1 is 1.15 bits per heavy atom. The van der Waals surface area contributed by atoms with Crippen LogP contribution in [0.1, 0.15) is 42.2 Å². The molecule has 0 bridgehead atoms. The molecule has 0 spiro atoms. The molecule has 136 valence electrons. The van der Waals surface area contributed by atoms with Gasteiger partial charge in [-0.25, -0.2) is 4.98 Å². The topological polar surface area (TPSA) is 53.5 Å². The first-order valence-electron chi connectivity index (χ1n) is 8.82. The summed E-state index contributed by atoms with van der Waals surface area (Å²) >= 11 is 1.38. The Morgan fingerprint density at radius 3 is 2.50 bits per heavy atom. The van der Waals surface area contributed by atoms with Gasteiger partial charge in [0.1, 0.15) is 0 Å². The number of nitrogens with zero attached hydrogens (tertiary/aromatic N) is 3. The molecule has 0 atom stereocenters. The molecule has 2 heterocycles. The Balaban J connectivity index is 1.64. The highest BCUT2D eigenvalue weighted by Crippen LogP contribution is 2.22. The van der Waals surface area contributed by atoms with E-state index in [0.29, 0.717) is 16.4 Å². The van der Waals surface area contributed by atoms with Gasteiger partial charge in [-0.2, -0.15) is 0 Å². The second-order valence-corrected chi connectivity index (χ2v) is 7.26. The Labute approximate surface area is 158 Å². The molecule has 1 amide bonds. The molecule has 5 nitrogen and oxygen atoms in total. The first-order chi connectivity index (χ1) is 12.5. The first-order valence-corrected chi connectivity index (χ1v) is 9.70. The van der Waals surface area contributed by atoms with E-state index >= 15 is 0 Å². The molecular formula is C20H23N3O2S. The van der Waals surface area contributed by atoms with Crippen LogP contribution in [0, 0.1) is 0 Å². The summed E-state index contributed by atoms with van der Waals surface area (Å²) in [5, 5.41) is 2.45. The normalized spacial score (nSPS) is 14.6. The zero-order valence-electron chi connectivity index (χ0n) is 15.1. The molecule has 0 aliphatic carbocycles. The number of hydrogen-bond donors (Lipinski definition) is 0. The minimum atomic E-state index is -0.0697. The Hall–Kier alpha value is -2.47. The van der Waals surface area contributed by atoms with Gasteiger partial charge in [0.25, 0.3) is 0 Å². The lowest BCUT2D eigenvalue weighted by molar-refractivity contribution is -0.116. The third kappa shape index (κ3) is 4.38. The van der Waals surface area contributed by atoms with Crippen LogP contribution in [0.15, 0.2) is 35.7 Å². The Morgan fingerprint density at radius 2 is 1.85 bits per heavy atom. The smallest absolute Gasteiger partial charge is 0.225 e. The van der Waals surface area contributed by atoms with E-state index in [4.69, 9.17) is 0 Å². The van der Waals surface area contributed by atoms with E-state index in [0.717, 1.165) is 13.1 Å². The summed E-state index contributed by atoms with van der Waals surface area (Å²) in [5.74, 6) is -0.121. The largest absolute Gasteiger partial charge is 0.372 e. The second-order valence-electron chi connectivity index (χ2n) is 6.43. The van der Waals surface area contributed by atoms with Crippen LogP contribution < -0.4 is 9.80 Å². The lowest BCUT2D eigenvalue weighted by Crippen LogP contribution is -2.29. The summed E-state index contributed by atoms with van der Waals surface area (Å²) in [6, 6.07) is 7.81. The van der Waals surface area contributed by atoms with Crippen LogP contribution in [0.3, 0.4) is 0 Å². The zero-order valence-corrected chi connectivity index (χ0v) is 16.0. The SMILES string of the molecule is CC(=O)N(C)c1nc(/C=C\C(=O)c2ccc(N3CCCCC3)cc2)cs1. The number of rotatable bonds is 5. The standard InChI is InChI=1S/C20H23N3O2S/c1-15(24)22(2)20-21-17(14-26-20)8-11-19(25)16-6-9-18(10-7-16)23-12-4-3-5-13-23/h6-11,14H,3-5,12-13H2,1-2H3/b11-8-. The highest BCUT2D eigenvalue weighted by atomic mass is 32.1. The van der Waals surface area contributed by atoms with Crippen LogP contribution in [-0.2, 0) is 4.79 Å². The van der Waals surface area contributed by atoms with E-state index in [1.54, 1.807) is 13.1 Å². The number of allylic oxidation sites excluding steroid dienone is 1. The monoisotopic (exact) mass is 369 g/mol. The van der Waals surface area contributed by atoms with Crippen LogP contribution in [-0.4, -0.2) is 36.8 Å². The van der Waals surface area contributed by atoms with Gasteiger partial charge < -0.3 is 4.90 Å². The van der Waals surface area contributed by atoms with E-state index in [2.05, 4.69) is 9.88 Å². The number of carbonyl (C=O) groups excluding carboxylic acids is 2. The van der Waals surface area contributed by atoms with Gasteiger partial charge in [0.15, 0.2) is 10.9 Å². The van der Waals surface area contributed by atoms with E-state index in [1.807, 2.05) is 29.6 Å². The number of hydrogen-bond acceptors (Lipinski definition) is 5. The summed E-state index contributed by atoms with van der Waals surface area (Å²) in [7, 11) is 1.68. The first kappa shape index (κ1) is 18.3. The van der Waals surface area contributed by atoms with Gasteiger partial charge >= 0.3 is 0 Å². The van der Waals surface area contributed by atoms with Crippen molar-refractivity contribution >= 4 is 39.9 Å². The van der Waals surface area contributed by atoms with Crippen LogP contribution in [0.25, 0.3) is 6.08 Å². The van der Waals surface area contributed by atoms with Crippen molar-refractivity contribution < 1.29 is 9.59 Å². The molecule has 0 unspecified atom stereocenters. The molecule has 0 N–H and O–H groups in total. The van der Waals surface area contributed by atoms with Gasteiger partial charge in [-0.05, 0) is 55.7 Å². The summed E-state index contributed by atoms with van der Waals surface area (Å²) in [6.07, 6.45) is 6.99. The van der Waals surface area contributed by atoms with Crippen LogP contribution in [0.4, 0.5) is 10.8 Å². The van der Waals surface area contributed by atoms with Crippen molar-refractivity contribution in [1.29, 1.82) is 0 Å². The summed E-state index contributed by atoms with van der Waals surface area (Å²) in [5.41, 5.74) is 2.52. The summed E-state index contributed by atoms with van der Waals surface area (Å²) < 4.78 is 0. The number of carbonyl (C=O) groups is 2. The number of piperidine rings is 1. The highest BCUT2D eigenvalue weighted by molar-refractivity contribution is 7.14. The Kier molecular flexibility index (Phi) is 5.83. The van der Waals surface area contributed by atoms with Crippen molar-refractivity contribution in [2.24, 2.45) is 0 Å². The van der Waals surface area contributed by atoms with Crippen LogP contribution in [0.2, 0.25) is 0 Å². The molecule has 6 heteroatoms. The minimum absolute atomic E-state index is 0.0512. The van der Waals surface area contributed by atoms with Crippen LogP contribution in [0.5, 0.6) is 0 Å². The molecule has 1 aromatic heterocycles. The van der Waals surface area contributed by atoms with E-state index in [9.17, 15) is 9.59 Å². The lowest BCUT2D eigenvalue weighted by atomic mass is 10.1. The van der Waals surface area contributed by atoms with Crippen LogP contribution >= 0.6 is 11.3 Å². The van der Waals surface area contributed by atoms with Gasteiger partial charge in [0, 0.05) is 43.7 Å². The fourth-order valence-electron chi connectivity index (χ4n) is 2.89. The molecule has 1 saturated heterocycles. The van der Waals surface area contributed by atoms with Gasteiger partial charge in [-0.1, -0.05) is 0 Å². The van der Waals surface area contributed by atoms with E-state index in [-0.39, 0.29) is 11.7 Å². The molecule has 3 rings (SSSR count). The van der Waals surface area contributed by atoms with Crippen molar-refractivity contribution in [3.05, 3.63) is 47.0 Å². The average molecular weight is 369 g/mol. The van der Waals surface area contributed by atoms with Crippen molar-refractivity contribution in [3.8, 4) is 0 Å². The zero-order chi connectivity index (χ0) is 18.5. The maximum Gasteiger partial charge on any atom is 0.225 e. The molecule has 0 radical (unpaired) electrons. The fraction of sp³-hybridized carbons (Fsp3) is 0.350. The maximum atomic E-state index is 12.4. The molecule has 26 heavy (non-hydrogen) atoms. The van der Waals surface area contributed by atoms with Gasteiger partial charge in [-0.3, -0.25) is 14.5 Å². The summed E-state index contributed by atoms with van der Waals surface area (Å²) in [6.45, 7) is 3.68. The van der Waals surface area contributed by atoms with E-state index in [1.165, 1.54) is 54.2 Å². The molecule has 1 aliphatic heterocycles. The van der Waals surface area contributed by atoms with Crippen molar-refractivity contribution in [1.82, 2.24) is 4.98 Å². The molecule has 0 saturated carbocycles. The third-order valence-electron chi connectivity index (χ3n) is 4.55. The number of benzene rings is 1. The number of thiazole rings is 1. The van der Waals surface area contributed by atoms with Crippen molar-refractivity contribution in [2.45, 2.75) is 26.2 Å². The van der Waals surface area contributed by atoms with Gasteiger partial charge in [0.2, 0.25) is 5.91 Å². The van der Waals surface area contributed by atoms with Crippen molar-refractivity contribution in [2.75, 3.05) is 29.9 Å². The second kappa shape index (κ2) is 8.27. The predicted molar refractivity (Wildman–Crippen MR) is 107 cm³/mol. The van der Waals surface area contributed by atoms with Gasteiger partial charge in [0.05, 0.1) is 5.69 Å². The molecule has 2 aromatic rings. The number of anilines is 2. The molecular weight excluding hydrogens is 346 g/mol. The van der Waals surface area contributed by atoms with E-state index < -0.39 is 0 Å². The predicted octanol–water partition coefficient (Wildman–Crippen LogP) is 4.01. The fourth-order valence-corrected chi connectivity index (χ4v) is 3.69. The number of amides is 1. The summed E-state index contributed by atoms with van der Waals surface area (Å²) in [4.78, 5) is 31.9. The molecule has 1 aliphatic rings. The van der Waals surface area contributed by atoms with Crippen molar-refractivity contribution in [3.63, 3.8) is 0 Å². The molecule has 1 fully saturated rings. The highest BCUT2D eigenvalue weighted by Gasteiger charge is 2.12. The third-order valence-corrected chi connectivity index (χ3v) is 5.48. The lowest BCUT2D eigenvalue weighted by Gasteiger charge is -2.28. The quantitative estimate of drug-likeness (QED) is 0.590. The Bertz CT molecular complexity index is 805. The number of ketones is 1.